The van der Waals surface area contributed by atoms with Crippen LogP contribution in [0.15, 0.2) is 24.3 Å². The smallest absolute Gasteiger partial charge is 0.0372 e. The second-order valence-corrected chi connectivity index (χ2v) is 3.60. The molecule has 0 spiro atoms. The molecule has 0 saturated carbocycles. The third kappa shape index (κ3) is 1.45. The van der Waals surface area contributed by atoms with Gasteiger partial charge in [-0.3, -0.25) is 0 Å². The molecule has 0 N–H and O–H groups in total. The summed E-state index contributed by atoms with van der Waals surface area (Å²) in [6, 6.07) is 11.3. The van der Waals surface area contributed by atoms with Crippen LogP contribution in [-0.4, -0.2) is 13.1 Å². The van der Waals surface area contributed by atoms with Gasteiger partial charge in [0.15, 0.2) is 0 Å². The Labute approximate surface area is 74.0 Å². The molecule has 12 heavy (non-hydrogen) atoms. The van der Waals surface area contributed by atoms with Gasteiger partial charge in [-0.05, 0) is 30.5 Å². The first-order chi connectivity index (χ1) is 5.86. The van der Waals surface area contributed by atoms with Crippen LogP contribution in [0.4, 0.5) is 5.69 Å². The van der Waals surface area contributed by atoms with Crippen molar-refractivity contribution in [2.45, 2.75) is 13.3 Å². The van der Waals surface area contributed by atoms with Gasteiger partial charge in [-0.15, -0.1) is 0 Å². The number of nitrogens with zero attached hydrogens (tertiary/aromatic N) is 1. The van der Waals surface area contributed by atoms with Crippen LogP contribution in [0.2, 0.25) is 0 Å². The lowest BCUT2D eigenvalue weighted by Gasteiger charge is -2.17. The van der Waals surface area contributed by atoms with Crippen LogP contribution < -0.4 is 4.90 Å². The molecule has 1 aromatic rings. The first-order valence-corrected chi connectivity index (χ1v) is 4.57. The minimum Gasteiger partial charge on any atom is -0.371 e. The highest BCUT2D eigenvalue weighted by atomic mass is 15.1. The molecule has 63 valence electrons. The average molecular weight is 160 g/mol. The molecule has 1 unspecified atom stereocenters. The Hall–Kier alpha value is -0.980. The third-order valence-electron chi connectivity index (χ3n) is 2.48. The molecule has 1 heterocycles. The second-order valence-electron chi connectivity index (χ2n) is 3.60. The molecule has 1 radical (unpaired) electrons. The standard InChI is InChI=1S/C11H14N/c1-10-7-8-12(9-10)11-5-3-2-4-6-11/h2-3,5-6,10H,7-9H2,1H3. The number of rotatable bonds is 1. The van der Waals surface area contributed by atoms with Crippen LogP contribution in [0.1, 0.15) is 13.3 Å². The van der Waals surface area contributed by atoms with Gasteiger partial charge in [-0.1, -0.05) is 19.1 Å². The first-order valence-electron chi connectivity index (χ1n) is 4.57. The van der Waals surface area contributed by atoms with Gasteiger partial charge in [0.2, 0.25) is 0 Å². The van der Waals surface area contributed by atoms with Gasteiger partial charge in [0.1, 0.15) is 0 Å². The van der Waals surface area contributed by atoms with Crippen LogP contribution >= 0.6 is 0 Å². The SMILES string of the molecule is CC1CCN(c2c[c]ccc2)C1. The van der Waals surface area contributed by atoms with Crippen molar-refractivity contribution in [2.75, 3.05) is 18.0 Å². The minimum atomic E-state index is 0.852. The van der Waals surface area contributed by atoms with Crippen molar-refractivity contribution in [3.05, 3.63) is 30.3 Å². The summed E-state index contributed by atoms with van der Waals surface area (Å²) >= 11 is 0. The van der Waals surface area contributed by atoms with E-state index in [0.29, 0.717) is 0 Å². The van der Waals surface area contributed by atoms with Crippen LogP contribution in [0.3, 0.4) is 0 Å². The highest BCUT2D eigenvalue weighted by Gasteiger charge is 2.17. The topological polar surface area (TPSA) is 3.24 Å². The molecule has 0 bridgehead atoms. The Morgan fingerprint density at radius 3 is 3.08 bits per heavy atom. The Morgan fingerprint density at radius 1 is 1.58 bits per heavy atom. The van der Waals surface area contributed by atoms with Gasteiger partial charge in [-0.2, -0.15) is 0 Å². The van der Waals surface area contributed by atoms with E-state index < -0.39 is 0 Å². The third-order valence-corrected chi connectivity index (χ3v) is 2.48. The molecule has 0 aliphatic carbocycles. The molecule has 1 aliphatic heterocycles. The molecule has 1 atom stereocenters. The lowest BCUT2D eigenvalue weighted by molar-refractivity contribution is 0.659. The Bertz CT molecular complexity index is 242. The molecule has 1 nitrogen and oxygen atoms in total. The summed E-state index contributed by atoms with van der Waals surface area (Å²) in [5.74, 6) is 0.852. The van der Waals surface area contributed by atoms with E-state index in [-0.39, 0.29) is 0 Å². The van der Waals surface area contributed by atoms with Crippen molar-refractivity contribution in [1.82, 2.24) is 0 Å². The van der Waals surface area contributed by atoms with Gasteiger partial charge < -0.3 is 4.90 Å². The van der Waals surface area contributed by atoms with E-state index in [0.717, 1.165) is 5.92 Å². The van der Waals surface area contributed by atoms with Crippen LogP contribution in [0.5, 0.6) is 0 Å². The van der Waals surface area contributed by atoms with Crippen molar-refractivity contribution in [1.29, 1.82) is 0 Å². The summed E-state index contributed by atoms with van der Waals surface area (Å²) in [6.45, 7) is 4.73. The van der Waals surface area contributed by atoms with E-state index in [9.17, 15) is 0 Å². The molecule has 1 saturated heterocycles. The summed E-state index contributed by atoms with van der Waals surface area (Å²) in [5, 5.41) is 0. The Balaban J connectivity index is 2.11. The fourth-order valence-electron chi connectivity index (χ4n) is 1.75. The van der Waals surface area contributed by atoms with Crippen molar-refractivity contribution in [3.63, 3.8) is 0 Å². The molecule has 0 amide bonds. The fourth-order valence-corrected chi connectivity index (χ4v) is 1.75. The van der Waals surface area contributed by atoms with E-state index in [4.69, 9.17) is 0 Å². The van der Waals surface area contributed by atoms with E-state index in [1.54, 1.807) is 0 Å². The van der Waals surface area contributed by atoms with Crippen LogP contribution in [-0.2, 0) is 0 Å². The Morgan fingerprint density at radius 2 is 2.50 bits per heavy atom. The van der Waals surface area contributed by atoms with E-state index >= 15 is 0 Å². The maximum Gasteiger partial charge on any atom is 0.0372 e. The normalized spacial score (nSPS) is 23.1. The van der Waals surface area contributed by atoms with Crippen LogP contribution in [0, 0.1) is 12.0 Å². The number of anilines is 1. The van der Waals surface area contributed by atoms with Crippen molar-refractivity contribution < 1.29 is 0 Å². The summed E-state index contributed by atoms with van der Waals surface area (Å²) in [5.41, 5.74) is 1.32. The summed E-state index contributed by atoms with van der Waals surface area (Å²) in [7, 11) is 0. The fraction of sp³-hybridized carbons (Fsp3) is 0.455. The van der Waals surface area contributed by atoms with Crippen molar-refractivity contribution in [3.8, 4) is 0 Å². The van der Waals surface area contributed by atoms with Crippen molar-refractivity contribution in [2.24, 2.45) is 5.92 Å². The molecule has 2 rings (SSSR count). The molecule has 0 aromatic heterocycles. The van der Waals surface area contributed by atoms with Crippen molar-refractivity contribution >= 4 is 5.69 Å². The van der Waals surface area contributed by atoms with Gasteiger partial charge in [-0.25, -0.2) is 0 Å². The number of hydrogen-bond acceptors (Lipinski definition) is 1. The predicted molar refractivity (Wildman–Crippen MR) is 51.3 cm³/mol. The first kappa shape index (κ1) is 7.66. The monoisotopic (exact) mass is 160 g/mol. The maximum atomic E-state index is 3.11. The minimum absolute atomic E-state index is 0.852. The number of hydrogen-bond donors (Lipinski definition) is 0. The van der Waals surface area contributed by atoms with Crippen LogP contribution in [0.25, 0.3) is 0 Å². The highest BCUT2D eigenvalue weighted by Crippen LogP contribution is 2.22. The highest BCUT2D eigenvalue weighted by molar-refractivity contribution is 5.46. The molecule has 1 fully saturated rings. The summed E-state index contributed by atoms with van der Waals surface area (Å²) < 4.78 is 0. The second kappa shape index (κ2) is 3.18. The van der Waals surface area contributed by atoms with Gasteiger partial charge >= 0.3 is 0 Å². The zero-order valence-corrected chi connectivity index (χ0v) is 7.46. The molecule has 1 heteroatoms. The molecular formula is C11H14N. The summed E-state index contributed by atoms with van der Waals surface area (Å²) in [6.07, 6.45) is 1.33. The molecule has 1 aromatic carbocycles. The lowest BCUT2D eigenvalue weighted by Crippen LogP contribution is -2.18. The van der Waals surface area contributed by atoms with Gasteiger partial charge in [0.05, 0.1) is 0 Å². The van der Waals surface area contributed by atoms with E-state index in [2.05, 4.69) is 36.1 Å². The van der Waals surface area contributed by atoms with Gasteiger partial charge in [0.25, 0.3) is 0 Å². The zero-order valence-electron chi connectivity index (χ0n) is 7.46. The summed E-state index contributed by atoms with van der Waals surface area (Å²) in [4.78, 5) is 2.43. The predicted octanol–water partition coefficient (Wildman–Crippen LogP) is 2.33. The Kier molecular flexibility index (Phi) is 2.03. The molecule has 1 aliphatic rings. The molecular weight excluding hydrogens is 146 g/mol. The van der Waals surface area contributed by atoms with E-state index in [1.165, 1.54) is 25.2 Å². The largest absolute Gasteiger partial charge is 0.371 e. The zero-order chi connectivity index (χ0) is 8.39. The quantitative estimate of drug-likeness (QED) is 0.609. The van der Waals surface area contributed by atoms with E-state index in [1.807, 2.05) is 6.07 Å². The maximum absolute atomic E-state index is 3.11. The average Bonchev–Trinajstić information content (AvgIpc) is 2.54. The number of benzene rings is 1. The van der Waals surface area contributed by atoms with Gasteiger partial charge in [0, 0.05) is 18.8 Å². The lowest BCUT2D eigenvalue weighted by atomic mass is 10.2.